The zero-order valence-electron chi connectivity index (χ0n) is 14.5. The molecule has 2 aromatic carbocycles. The molecule has 1 aliphatic rings. The molecule has 2 aromatic rings. The molecule has 134 valence electrons. The number of nitrogens with two attached hydrogens (primary N) is 1. The molecule has 0 bridgehead atoms. The zero-order valence-corrected chi connectivity index (χ0v) is 14.5. The second kappa shape index (κ2) is 8.29. The largest absolute Gasteiger partial charge is 0.351 e. The van der Waals surface area contributed by atoms with Crippen molar-refractivity contribution in [3.05, 3.63) is 71.8 Å². The van der Waals surface area contributed by atoms with Crippen molar-refractivity contribution in [3.8, 4) is 0 Å². The molecule has 6 heteroatoms. The summed E-state index contributed by atoms with van der Waals surface area (Å²) in [7, 11) is 0. The Bertz CT molecular complexity index is 748. The molecule has 1 fully saturated rings. The zero-order chi connectivity index (χ0) is 18.4. The molecule has 0 unspecified atom stereocenters. The number of rotatable bonds is 4. The van der Waals surface area contributed by atoms with Crippen LogP contribution >= 0.6 is 0 Å². The van der Waals surface area contributed by atoms with Crippen LogP contribution < -0.4 is 11.2 Å². The summed E-state index contributed by atoms with van der Waals surface area (Å²) >= 11 is 0. The lowest BCUT2D eigenvalue weighted by Crippen LogP contribution is -2.46. The van der Waals surface area contributed by atoms with Crippen molar-refractivity contribution < 1.29 is 9.59 Å². The third-order valence-corrected chi connectivity index (χ3v) is 4.48. The van der Waals surface area contributed by atoms with Crippen LogP contribution in [0.2, 0.25) is 0 Å². The highest BCUT2D eigenvalue weighted by atomic mass is 16.2. The van der Waals surface area contributed by atoms with Gasteiger partial charge in [-0.25, -0.2) is 10.2 Å². The number of likely N-dealkylation sites (tertiary alicyclic amines) is 1. The molecule has 6 nitrogen and oxygen atoms in total. The van der Waals surface area contributed by atoms with Crippen molar-refractivity contribution in [2.24, 2.45) is 16.8 Å². The predicted octanol–water partition coefficient (Wildman–Crippen LogP) is 2.35. The molecule has 0 aromatic heterocycles. The van der Waals surface area contributed by atoms with Crippen LogP contribution in [0.25, 0.3) is 0 Å². The van der Waals surface area contributed by atoms with Gasteiger partial charge in [0.2, 0.25) is 5.91 Å². The fourth-order valence-corrected chi connectivity index (χ4v) is 3.08. The first-order valence-electron chi connectivity index (χ1n) is 8.68. The molecular formula is C20H22N4O2. The summed E-state index contributed by atoms with van der Waals surface area (Å²) in [6.07, 6.45) is 1.48. The van der Waals surface area contributed by atoms with Gasteiger partial charge in [-0.15, -0.1) is 0 Å². The predicted molar refractivity (Wildman–Crippen MR) is 101 cm³/mol. The summed E-state index contributed by atoms with van der Waals surface area (Å²) in [6, 6.07) is 18.9. The average Bonchev–Trinajstić information content (AvgIpc) is 2.69. The number of hydrogen-bond donors (Lipinski definition) is 2. The van der Waals surface area contributed by atoms with Crippen LogP contribution in [-0.4, -0.2) is 35.6 Å². The van der Waals surface area contributed by atoms with Gasteiger partial charge in [-0.2, -0.15) is 5.10 Å². The van der Waals surface area contributed by atoms with Crippen molar-refractivity contribution in [2.45, 2.75) is 12.8 Å². The van der Waals surface area contributed by atoms with Crippen LogP contribution in [0, 0.1) is 5.92 Å². The smallest absolute Gasteiger partial charge is 0.314 e. The maximum atomic E-state index is 12.5. The van der Waals surface area contributed by atoms with Gasteiger partial charge in [0.25, 0.3) is 0 Å². The molecule has 0 radical (unpaired) electrons. The Morgan fingerprint density at radius 1 is 1.00 bits per heavy atom. The lowest BCUT2D eigenvalue weighted by Gasteiger charge is -2.30. The van der Waals surface area contributed by atoms with Gasteiger partial charge < -0.3 is 10.6 Å². The quantitative estimate of drug-likeness (QED) is 0.655. The number of benzene rings is 2. The van der Waals surface area contributed by atoms with E-state index in [1.54, 1.807) is 0 Å². The van der Waals surface area contributed by atoms with Gasteiger partial charge in [0, 0.05) is 24.2 Å². The molecule has 1 atom stereocenters. The number of carbonyl (C=O) groups excluding carboxylic acids is 2. The number of primary amides is 1. The number of amides is 3. The normalized spacial score (nSPS) is 16.6. The second-order valence-electron chi connectivity index (χ2n) is 6.29. The summed E-state index contributed by atoms with van der Waals surface area (Å²) in [4.78, 5) is 25.4. The van der Waals surface area contributed by atoms with Crippen LogP contribution in [0.15, 0.2) is 65.8 Å². The SMILES string of the molecule is NC(=O)N1CCC[C@H](C(=O)NN=C(c2ccccc2)c2ccccc2)C1. The number of carbonyl (C=O) groups is 2. The Morgan fingerprint density at radius 2 is 1.58 bits per heavy atom. The Hall–Kier alpha value is -3.15. The first-order chi connectivity index (χ1) is 12.6. The Kier molecular flexibility index (Phi) is 5.63. The van der Waals surface area contributed by atoms with E-state index in [-0.39, 0.29) is 11.8 Å². The van der Waals surface area contributed by atoms with Crippen molar-refractivity contribution in [1.82, 2.24) is 10.3 Å². The Balaban J connectivity index is 1.78. The maximum Gasteiger partial charge on any atom is 0.314 e. The van der Waals surface area contributed by atoms with Crippen LogP contribution in [0.1, 0.15) is 24.0 Å². The van der Waals surface area contributed by atoms with Gasteiger partial charge in [-0.1, -0.05) is 60.7 Å². The number of nitrogens with zero attached hydrogens (tertiary/aromatic N) is 2. The summed E-state index contributed by atoms with van der Waals surface area (Å²) in [5.74, 6) is -0.492. The number of piperidine rings is 1. The summed E-state index contributed by atoms with van der Waals surface area (Å²) < 4.78 is 0. The minimum Gasteiger partial charge on any atom is -0.351 e. The van der Waals surface area contributed by atoms with E-state index in [1.807, 2.05) is 60.7 Å². The number of nitrogens with one attached hydrogen (secondary N) is 1. The molecule has 0 saturated carbocycles. The number of hydrogen-bond acceptors (Lipinski definition) is 3. The van der Waals surface area contributed by atoms with E-state index >= 15 is 0 Å². The number of urea groups is 1. The van der Waals surface area contributed by atoms with E-state index in [0.29, 0.717) is 18.8 Å². The van der Waals surface area contributed by atoms with E-state index in [4.69, 9.17) is 5.73 Å². The molecular weight excluding hydrogens is 328 g/mol. The van der Waals surface area contributed by atoms with Crippen molar-refractivity contribution in [1.29, 1.82) is 0 Å². The fraction of sp³-hybridized carbons (Fsp3) is 0.250. The maximum absolute atomic E-state index is 12.5. The van der Waals surface area contributed by atoms with Crippen molar-refractivity contribution >= 4 is 17.6 Å². The van der Waals surface area contributed by atoms with Gasteiger partial charge in [0.1, 0.15) is 0 Å². The number of hydrazone groups is 1. The standard InChI is InChI=1S/C20H22N4O2/c21-20(26)24-13-7-12-17(14-24)19(25)23-22-18(15-8-3-1-4-9-15)16-10-5-2-6-11-16/h1-6,8-11,17H,7,12-14H2,(H2,21,26)(H,23,25)/t17-/m0/s1. The third-order valence-electron chi connectivity index (χ3n) is 4.48. The molecule has 3 N–H and O–H groups in total. The van der Waals surface area contributed by atoms with Gasteiger partial charge in [-0.3, -0.25) is 4.79 Å². The fourth-order valence-electron chi connectivity index (χ4n) is 3.08. The average molecular weight is 350 g/mol. The monoisotopic (exact) mass is 350 g/mol. The lowest BCUT2D eigenvalue weighted by atomic mass is 9.98. The third kappa shape index (κ3) is 4.27. The molecule has 0 spiro atoms. The van der Waals surface area contributed by atoms with E-state index in [1.165, 1.54) is 4.90 Å². The summed E-state index contributed by atoms with van der Waals surface area (Å²) in [5, 5.41) is 4.39. The lowest BCUT2D eigenvalue weighted by molar-refractivity contribution is -0.126. The Labute approximate surface area is 152 Å². The first-order valence-corrected chi connectivity index (χ1v) is 8.68. The van der Waals surface area contributed by atoms with Crippen LogP contribution in [0.3, 0.4) is 0 Å². The molecule has 1 aliphatic heterocycles. The molecule has 3 rings (SSSR count). The molecule has 1 saturated heterocycles. The molecule has 0 aliphatic carbocycles. The first kappa shape index (κ1) is 17.7. The second-order valence-corrected chi connectivity index (χ2v) is 6.29. The van der Waals surface area contributed by atoms with Crippen LogP contribution in [-0.2, 0) is 4.79 Å². The van der Waals surface area contributed by atoms with E-state index in [9.17, 15) is 9.59 Å². The Morgan fingerprint density at radius 3 is 2.12 bits per heavy atom. The van der Waals surface area contributed by atoms with Crippen molar-refractivity contribution in [3.63, 3.8) is 0 Å². The van der Waals surface area contributed by atoms with Crippen LogP contribution in [0.5, 0.6) is 0 Å². The molecule has 1 heterocycles. The van der Waals surface area contributed by atoms with E-state index in [2.05, 4.69) is 10.5 Å². The minimum absolute atomic E-state index is 0.194. The van der Waals surface area contributed by atoms with E-state index in [0.717, 1.165) is 24.0 Å². The van der Waals surface area contributed by atoms with Gasteiger partial charge in [0.05, 0.1) is 11.6 Å². The van der Waals surface area contributed by atoms with E-state index < -0.39 is 6.03 Å². The highest BCUT2D eigenvalue weighted by molar-refractivity contribution is 6.13. The molecule has 3 amide bonds. The van der Waals surface area contributed by atoms with Gasteiger partial charge >= 0.3 is 6.03 Å². The van der Waals surface area contributed by atoms with Crippen molar-refractivity contribution in [2.75, 3.05) is 13.1 Å². The summed E-state index contributed by atoms with van der Waals surface area (Å²) in [5.41, 5.74) is 10.5. The van der Waals surface area contributed by atoms with Gasteiger partial charge in [0.15, 0.2) is 0 Å². The highest BCUT2D eigenvalue weighted by Crippen LogP contribution is 2.17. The highest BCUT2D eigenvalue weighted by Gasteiger charge is 2.27. The summed E-state index contributed by atoms with van der Waals surface area (Å²) in [6.45, 7) is 0.935. The van der Waals surface area contributed by atoms with Crippen LogP contribution in [0.4, 0.5) is 4.79 Å². The topological polar surface area (TPSA) is 87.8 Å². The molecule has 26 heavy (non-hydrogen) atoms. The minimum atomic E-state index is -0.486. The van der Waals surface area contributed by atoms with Gasteiger partial charge in [-0.05, 0) is 12.8 Å².